The van der Waals surface area contributed by atoms with Crippen LogP contribution in [0.3, 0.4) is 0 Å². The number of anilines is 1. The highest BCUT2D eigenvalue weighted by Crippen LogP contribution is 2.31. The molecule has 0 saturated heterocycles. The number of halogens is 2. The highest BCUT2D eigenvalue weighted by molar-refractivity contribution is 7.84. The van der Waals surface area contributed by atoms with Crippen LogP contribution in [0, 0.1) is 10.1 Å². The first-order valence-corrected chi connectivity index (χ1v) is 7.83. The van der Waals surface area contributed by atoms with Gasteiger partial charge < -0.3 is 5.73 Å². The lowest BCUT2D eigenvalue weighted by atomic mass is 10.2. The van der Waals surface area contributed by atoms with E-state index in [1.165, 1.54) is 30.3 Å². The minimum absolute atomic E-state index is 0.112. The van der Waals surface area contributed by atoms with Crippen molar-refractivity contribution >= 4 is 45.4 Å². The summed E-state index contributed by atoms with van der Waals surface area (Å²) in [6, 6.07) is 8.91. The van der Waals surface area contributed by atoms with Gasteiger partial charge in [-0.25, -0.2) is 0 Å². The van der Waals surface area contributed by atoms with Crippen LogP contribution in [0.5, 0.6) is 0 Å². The molecular formula is C13H10Cl2N2O3S. The van der Waals surface area contributed by atoms with E-state index in [1.807, 2.05) is 0 Å². The lowest BCUT2D eigenvalue weighted by Crippen LogP contribution is -2.03. The zero-order valence-corrected chi connectivity index (χ0v) is 12.9. The summed E-state index contributed by atoms with van der Waals surface area (Å²) in [5, 5.41) is 11.5. The molecule has 0 aromatic heterocycles. The van der Waals surface area contributed by atoms with Crippen LogP contribution < -0.4 is 5.73 Å². The number of hydrogen-bond donors (Lipinski definition) is 1. The van der Waals surface area contributed by atoms with E-state index in [1.54, 1.807) is 6.07 Å². The van der Waals surface area contributed by atoms with Crippen molar-refractivity contribution in [3.8, 4) is 0 Å². The molecule has 0 radical (unpaired) electrons. The van der Waals surface area contributed by atoms with Gasteiger partial charge in [0.1, 0.15) is 0 Å². The number of rotatable bonds is 4. The average molecular weight is 345 g/mol. The number of nitro benzene ring substituents is 1. The normalized spacial score (nSPS) is 12.1. The summed E-state index contributed by atoms with van der Waals surface area (Å²) >= 11 is 12.0. The van der Waals surface area contributed by atoms with Crippen molar-refractivity contribution in [1.82, 2.24) is 0 Å². The lowest BCUT2D eigenvalue weighted by molar-refractivity contribution is -0.385. The monoisotopic (exact) mass is 344 g/mol. The van der Waals surface area contributed by atoms with Gasteiger partial charge in [-0.1, -0.05) is 29.3 Å². The molecule has 8 heteroatoms. The van der Waals surface area contributed by atoms with Gasteiger partial charge in [-0.05, 0) is 24.3 Å². The summed E-state index contributed by atoms with van der Waals surface area (Å²) in [6.45, 7) is 0. The van der Waals surface area contributed by atoms with Gasteiger partial charge in [0, 0.05) is 11.8 Å². The maximum absolute atomic E-state index is 12.4. The molecule has 0 saturated carbocycles. The van der Waals surface area contributed by atoms with E-state index < -0.39 is 15.7 Å². The van der Waals surface area contributed by atoms with Gasteiger partial charge in [0.15, 0.2) is 0 Å². The average Bonchev–Trinajstić information content (AvgIpc) is 2.43. The molecule has 0 aliphatic heterocycles. The van der Waals surface area contributed by atoms with E-state index in [-0.39, 0.29) is 27.0 Å². The topological polar surface area (TPSA) is 86.2 Å². The molecule has 2 aromatic rings. The van der Waals surface area contributed by atoms with Crippen LogP contribution >= 0.6 is 23.2 Å². The third-order valence-electron chi connectivity index (χ3n) is 2.77. The molecule has 2 N–H and O–H groups in total. The van der Waals surface area contributed by atoms with Gasteiger partial charge in [0.05, 0.1) is 42.0 Å². The first kappa shape index (κ1) is 15.8. The fourth-order valence-corrected chi connectivity index (χ4v) is 3.73. The molecule has 2 rings (SSSR count). The number of nitrogens with two attached hydrogens (primary N) is 1. The van der Waals surface area contributed by atoms with Crippen LogP contribution in [0.15, 0.2) is 41.3 Å². The number of nitrogens with zero attached hydrogens (tertiary/aromatic N) is 1. The largest absolute Gasteiger partial charge is 0.399 e. The van der Waals surface area contributed by atoms with Crippen LogP contribution in [-0.2, 0) is 16.6 Å². The Hall–Kier alpha value is -1.63. The minimum atomic E-state index is -1.59. The predicted octanol–water partition coefficient (Wildman–Crippen LogP) is 3.79. The molecule has 0 bridgehead atoms. The summed E-state index contributed by atoms with van der Waals surface area (Å²) in [7, 11) is -1.59. The van der Waals surface area contributed by atoms with Gasteiger partial charge in [0.25, 0.3) is 5.69 Å². The van der Waals surface area contributed by atoms with E-state index in [4.69, 9.17) is 28.9 Å². The number of nitrogen functional groups attached to an aromatic ring is 1. The van der Waals surface area contributed by atoms with E-state index >= 15 is 0 Å². The van der Waals surface area contributed by atoms with Crippen LogP contribution in [-0.4, -0.2) is 9.13 Å². The zero-order valence-electron chi connectivity index (χ0n) is 10.6. The fourth-order valence-electron chi connectivity index (χ4n) is 1.76. The van der Waals surface area contributed by atoms with Gasteiger partial charge in [-0.3, -0.25) is 14.3 Å². The molecule has 2 aromatic carbocycles. The molecule has 1 atom stereocenters. The summed E-state index contributed by atoms with van der Waals surface area (Å²) in [4.78, 5) is 10.8. The first-order chi connectivity index (χ1) is 9.90. The van der Waals surface area contributed by atoms with Gasteiger partial charge in [-0.15, -0.1) is 0 Å². The highest BCUT2D eigenvalue weighted by Gasteiger charge is 2.20. The maximum atomic E-state index is 12.4. The third-order valence-corrected chi connectivity index (χ3v) is 4.94. The van der Waals surface area contributed by atoms with Crippen molar-refractivity contribution in [1.29, 1.82) is 0 Å². The maximum Gasteiger partial charge on any atom is 0.275 e. The van der Waals surface area contributed by atoms with Crippen molar-refractivity contribution < 1.29 is 9.13 Å². The number of benzene rings is 2. The Bertz CT molecular complexity index is 737. The molecule has 0 aliphatic carbocycles. The molecule has 0 amide bonds. The van der Waals surface area contributed by atoms with Crippen molar-refractivity contribution in [2.75, 3.05) is 5.73 Å². The number of hydrogen-bond acceptors (Lipinski definition) is 4. The van der Waals surface area contributed by atoms with Crippen LogP contribution in [0.1, 0.15) is 5.56 Å². The Morgan fingerprint density at radius 2 is 1.90 bits per heavy atom. The van der Waals surface area contributed by atoms with Crippen LogP contribution in [0.4, 0.5) is 11.4 Å². The first-order valence-electron chi connectivity index (χ1n) is 5.75. The number of nitro groups is 1. The minimum Gasteiger partial charge on any atom is -0.399 e. The molecule has 110 valence electrons. The Labute approximate surface area is 133 Å². The third kappa shape index (κ3) is 3.53. The van der Waals surface area contributed by atoms with Gasteiger partial charge >= 0.3 is 0 Å². The second kappa shape index (κ2) is 6.43. The summed E-state index contributed by atoms with van der Waals surface area (Å²) in [5.41, 5.74) is 6.09. The van der Waals surface area contributed by atoms with E-state index in [2.05, 4.69) is 0 Å². The Morgan fingerprint density at radius 1 is 1.19 bits per heavy atom. The fraction of sp³-hybridized carbons (Fsp3) is 0.0769. The quantitative estimate of drug-likeness (QED) is 0.519. The van der Waals surface area contributed by atoms with Crippen molar-refractivity contribution in [3.05, 3.63) is 62.1 Å². The molecule has 21 heavy (non-hydrogen) atoms. The van der Waals surface area contributed by atoms with E-state index in [9.17, 15) is 14.3 Å². The Balaban J connectivity index is 2.41. The summed E-state index contributed by atoms with van der Waals surface area (Å²) in [5.74, 6) is -0.112. The summed E-state index contributed by atoms with van der Waals surface area (Å²) < 4.78 is 12.4. The molecule has 0 spiro atoms. The van der Waals surface area contributed by atoms with Gasteiger partial charge in [0.2, 0.25) is 0 Å². The second-order valence-corrected chi connectivity index (χ2v) is 6.41. The molecule has 5 nitrogen and oxygen atoms in total. The van der Waals surface area contributed by atoms with Crippen LogP contribution in [0.2, 0.25) is 10.0 Å². The van der Waals surface area contributed by atoms with E-state index in [0.29, 0.717) is 10.6 Å². The smallest absolute Gasteiger partial charge is 0.275 e. The predicted molar refractivity (Wildman–Crippen MR) is 84.1 cm³/mol. The van der Waals surface area contributed by atoms with Crippen molar-refractivity contribution in [2.24, 2.45) is 0 Å². The summed E-state index contributed by atoms with van der Waals surface area (Å²) in [6.07, 6.45) is 0. The highest BCUT2D eigenvalue weighted by atomic mass is 35.5. The second-order valence-electron chi connectivity index (χ2n) is 4.17. The van der Waals surface area contributed by atoms with Gasteiger partial charge in [-0.2, -0.15) is 0 Å². The Morgan fingerprint density at radius 3 is 2.57 bits per heavy atom. The molecule has 0 fully saturated rings. The standard InChI is InChI=1S/C13H10Cl2N2O3S/c14-10-2-1-3-12(17(18)19)9(10)7-21(20)13-6-8(16)4-5-11(13)15/h1-6H,7,16H2. The molecule has 0 aliphatic rings. The van der Waals surface area contributed by atoms with Crippen molar-refractivity contribution in [2.45, 2.75) is 10.6 Å². The lowest BCUT2D eigenvalue weighted by Gasteiger charge is -2.08. The Kier molecular flexibility index (Phi) is 4.82. The molecule has 1 unspecified atom stereocenters. The van der Waals surface area contributed by atoms with E-state index in [0.717, 1.165) is 0 Å². The molecule has 0 heterocycles. The SMILES string of the molecule is Nc1ccc(Cl)c(S(=O)Cc2c(Cl)cccc2[N+](=O)[O-])c1. The van der Waals surface area contributed by atoms with Crippen molar-refractivity contribution in [3.63, 3.8) is 0 Å². The van der Waals surface area contributed by atoms with Crippen LogP contribution in [0.25, 0.3) is 0 Å². The molecular weight excluding hydrogens is 335 g/mol. The zero-order chi connectivity index (χ0) is 15.6.